The maximum absolute atomic E-state index is 9.89. The van der Waals surface area contributed by atoms with Gasteiger partial charge < -0.3 is 15.3 Å². The molecule has 0 aliphatic heterocycles. The molecule has 0 aliphatic rings. The summed E-state index contributed by atoms with van der Waals surface area (Å²) in [6.45, 7) is 1.45. The van der Waals surface area contributed by atoms with Crippen LogP contribution in [0.2, 0.25) is 5.02 Å². The Balaban J connectivity index is 2.10. The molecular formula is C17H21ClN2O. The van der Waals surface area contributed by atoms with E-state index < -0.39 is 0 Å². The van der Waals surface area contributed by atoms with Gasteiger partial charge in [-0.05, 0) is 37.9 Å². The molecule has 4 heteroatoms. The molecule has 1 unspecified atom stereocenters. The highest BCUT2D eigenvalue weighted by Gasteiger charge is 2.13. The van der Waals surface area contributed by atoms with Crippen molar-refractivity contribution in [3.8, 4) is 5.75 Å². The molecule has 0 heterocycles. The van der Waals surface area contributed by atoms with Gasteiger partial charge in [0, 0.05) is 29.7 Å². The molecule has 0 saturated carbocycles. The largest absolute Gasteiger partial charge is 0.508 e. The van der Waals surface area contributed by atoms with E-state index in [1.807, 2.05) is 18.2 Å². The van der Waals surface area contributed by atoms with Crippen LogP contribution >= 0.6 is 11.6 Å². The summed E-state index contributed by atoms with van der Waals surface area (Å²) in [5, 5.41) is 14.0. The van der Waals surface area contributed by atoms with Crippen LogP contribution in [0.15, 0.2) is 48.5 Å². The highest BCUT2D eigenvalue weighted by atomic mass is 35.5. The maximum atomic E-state index is 9.89. The Bertz CT molecular complexity index is 572. The number of hydrogen-bond acceptors (Lipinski definition) is 3. The molecule has 2 rings (SSSR count). The molecule has 2 aromatic carbocycles. The lowest BCUT2D eigenvalue weighted by molar-refractivity contribution is 0.339. The van der Waals surface area contributed by atoms with E-state index in [1.165, 1.54) is 5.56 Å². The van der Waals surface area contributed by atoms with Gasteiger partial charge in [-0.3, -0.25) is 0 Å². The summed E-state index contributed by atoms with van der Waals surface area (Å²) < 4.78 is 0. The van der Waals surface area contributed by atoms with Gasteiger partial charge in [-0.2, -0.15) is 0 Å². The third-order valence-electron chi connectivity index (χ3n) is 3.33. The molecule has 0 aliphatic carbocycles. The number of nitrogens with one attached hydrogen (secondary N) is 1. The van der Waals surface area contributed by atoms with Crippen LogP contribution in [0.25, 0.3) is 0 Å². The molecule has 0 radical (unpaired) electrons. The van der Waals surface area contributed by atoms with E-state index in [4.69, 9.17) is 11.6 Å². The number of hydrogen-bond donors (Lipinski definition) is 2. The second-order valence-corrected chi connectivity index (χ2v) is 5.82. The molecule has 2 aromatic rings. The zero-order valence-corrected chi connectivity index (χ0v) is 13.1. The Morgan fingerprint density at radius 3 is 2.52 bits per heavy atom. The normalized spacial score (nSPS) is 12.6. The van der Waals surface area contributed by atoms with Crippen molar-refractivity contribution in [3.05, 3.63) is 64.7 Å². The van der Waals surface area contributed by atoms with E-state index in [0.717, 1.165) is 12.1 Å². The molecular weight excluding hydrogens is 284 g/mol. The summed E-state index contributed by atoms with van der Waals surface area (Å²) in [6.07, 6.45) is 0. The minimum atomic E-state index is 0.194. The second kappa shape index (κ2) is 7.46. The Kier molecular flexibility index (Phi) is 5.62. The SMILES string of the molecule is CN(C)CC(NCc1cc(Cl)ccc1O)c1ccccc1. The topological polar surface area (TPSA) is 35.5 Å². The van der Waals surface area contributed by atoms with Gasteiger partial charge in [0.1, 0.15) is 5.75 Å². The molecule has 1 atom stereocenters. The van der Waals surface area contributed by atoms with E-state index in [2.05, 4.69) is 36.4 Å². The van der Waals surface area contributed by atoms with Gasteiger partial charge in [0.15, 0.2) is 0 Å². The molecule has 0 amide bonds. The van der Waals surface area contributed by atoms with Gasteiger partial charge in [-0.25, -0.2) is 0 Å². The molecule has 0 aromatic heterocycles. The van der Waals surface area contributed by atoms with Gasteiger partial charge in [-0.15, -0.1) is 0 Å². The predicted octanol–water partition coefficient (Wildman–Crippen LogP) is 3.44. The first kappa shape index (κ1) is 15.8. The standard InChI is InChI=1S/C17H21ClN2O/c1-20(2)12-16(13-6-4-3-5-7-13)19-11-14-10-15(18)8-9-17(14)21/h3-10,16,19,21H,11-12H2,1-2H3. The third-order valence-corrected chi connectivity index (χ3v) is 3.57. The fraction of sp³-hybridized carbons (Fsp3) is 0.294. The van der Waals surface area contributed by atoms with Crippen molar-refractivity contribution in [1.82, 2.24) is 10.2 Å². The molecule has 21 heavy (non-hydrogen) atoms. The Morgan fingerprint density at radius 2 is 1.86 bits per heavy atom. The van der Waals surface area contributed by atoms with Crippen LogP contribution in [0.5, 0.6) is 5.75 Å². The molecule has 0 spiro atoms. The minimum Gasteiger partial charge on any atom is -0.508 e. The first-order valence-corrected chi connectivity index (χ1v) is 7.34. The number of phenolic OH excluding ortho intramolecular Hbond substituents is 1. The fourth-order valence-electron chi connectivity index (χ4n) is 2.27. The lowest BCUT2D eigenvalue weighted by atomic mass is 10.1. The van der Waals surface area contributed by atoms with Gasteiger partial charge in [0.05, 0.1) is 0 Å². The lowest BCUT2D eigenvalue weighted by Crippen LogP contribution is -2.30. The molecule has 3 nitrogen and oxygen atoms in total. The summed E-state index contributed by atoms with van der Waals surface area (Å²) in [5.74, 6) is 0.267. The van der Waals surface area contributed by atoms with Crippen molar-refractivity contribution in [3.63, 3.8) is 0 Å². The number of phenols is 1. The average molecular weight is 305 g/mol. The summed E-state index contributed by atoms with van der Waals surface area (Å²) >= 11 is 5.99. The van der Waals surface area contributed by atoms with E-state index in [-0.39, 0.29) is 11.8 Å². The maximum Gasteiger partial charge on any atom is 0.120 e. The molecule has 2 N–H and O–H groups in total. The van der Waals surface area contributed by atoms with Crippen LogP contribution in [-0.2, 0) is 6.54 Å². The predicted molar refractivity (Wildman–Crippen MR) is 87.7 cm³/mol. The molecule has 0 saturated heterocycles. The van der Waals surface area contributed by atoms with E-state index in [9.17, 15) is 5.11 Å². The molecule has 112 valence electrons. The van der Waals surface area contributed by atoms with Crippen molar-refractivity contribution in [2.24, 2.45) is 0 Å². The first-order valence-electron chi connectivity index (χ1n) is 6.96. The van der Waals surface area contributed by atoms with Crippen LogP contribution in [0.4, 0.5) is 0 Å². The van der Waals surface area contributed by atoms with Gasteiger partial charge in [0.25, 0.3) is 0 Å². The summed E-state index contributed by atoms with van der Waals surface area (Å²) in [6, 6.07) is 15.6. The summed E-state index contributed by atoms with van der Waals surface area (Å²) in [7, 11) is 4.10. The highest BCUT2D eigenvalue weighted by Crippen LogP contribution is 2.22. The second-order valence-electron chi connectivity index (χ2n) is 5.38. The van der Waals surface area contributed by atoms with Crippen LogP contribution in [0.1, 0.15) is 17.2 Å². The highest BCUT2D eigenvalue weighted by molar-refractivity contribution is 6.30. The van der Waals surface area contributed by atoms with Gasteiger partial charge in [-0.1, -0.05) is 41.9 Å². The van der Waals surface area contributed by atoms with Crippen molar-refractivity contribution in [2.75, 3.05) is 20.6 Å². The number of halogens is 1. The quantitative estimate of drug-likeness (QED) is 0.858. The van der Waals surface area contributed by atoms with Crippen molar-refractivity contribution in [2.45, 2.75) is 12.6 Å². The summed E-state index contributed by atoms with van der Waals surface area (Å²) in [4.78, 5) is 2.14. The third kappa shape index (κ3) is 4.74. The van der Waals surface area contributed by atoms with Crippen molar-refractivity contribution in [1.29, 1.82) is 0 Å². The number of aromatic hydroxyl groups is 1. The zero-order valence-electron chi connectivity index (χ0n) is 12.4. The lowest BCUT2D eigenvalue weighted by Gasteiger charge is -2.23. The van der Waals surface area contributed by atoms with E-state index >= 15 is 0 Å². The van der Waals surface area contributed by atoms with Gasteiger partial charge >= 0.3 is 0 Å². The molecule has 0 bridgehead atoms. The monoisotopic (exact) mass is 304 g/mol. The minimum absolute atomic E-state index is 0.194. The average Bonchev–Trinajstić information content (AvgIpc) is 2.47. The number of nitrogens with zero attached hydrogens (tertiary/aromatic N) is 1. The van der Waals surface area contributed by atoms with Gasteiger partial charge in [0.2, 0.25) is 0 Å². The Labute approximate surface area is 131 Å². The van der Waals surface area contributed by atoms with Crippen LogP contribution in [0, 0.1) is 0 Å². The Hall–Kier alpha value is -1.55. The van der Waals surface area contributed by atoms with Crippen LogP contribution in [0.3, 0.4) is 0 Å². The smallest absolute Gasteiger partial charge is 0.120 e. The zero-order chi connectivity index (χ0) is 15.2. The van der Waals surface area contributed by atoms with E-state index in [0.29, 0.717) is 11.6 Å². The summed E-state index contributed by atoms with van der Waals surface area (Å²) in [5.41, 5.74) is 2.04. The van der Waals surface area contributed by atoms with Crippen molar-refractivity contribution >= 4 is 11.6 Å². The number of rotatable bonds is 6. The molecule has 0 fully saturated rings. The van der Waals surface area contributed by atoms with E-state index in [1.54, 1.807) is 18.2 Å². The van der Waals surface area contributed by atoms with Crippen LogP contribution in [-0.4, -0.2) is 30.6 Å². The fourth-order valence-corrected chi connectivity index (χ4v) is 2.46. The Morgan fingerprint density at radius 1 is 1.14 bits per heavy atom. The number of likely N-dealkylation sites (N-methyl/N-ethyl adjacent to an activating group) is 1. The van der Waals surface area contributed by atoms with Crippen LogP contribution < -0.4 is 5.32 Å². The first-order chi connectivity index (χ1) is 10.1. The number of benzene rings is 2. The van der Waals surface area contributed by atoms with Crippen molar-refractivity contribution < 1.29 is 5.11 Å².